The van der Waals surface area contributed by atoms with Crippen molar-refractivity contribution in [3.8, 4) is 0 Å². The fourth-order valence-electron chi connectivity index (χ4n) is 4.06. The van der Waals surface area contributed by atoms with Crippen LogP contribution >= 0.6 is 7.26 Å². The van der Waals surface area contributed by atoms with Crippen LogP contribution in [0.4, 0.5) is 8.78 Å². The Kier molecular flexibility index (Phi) is 5.43. The molecule has 0 atom stereocenters. The summed E-state index contributed by atoms with van der Waals surface area (Å²) in [6.45, 7) is 0. The smallest absolute Gasteiger partial charge is 0.206 e. The summed E-state index contributed by atoms with van der Waals surface area (Å²) >= 11 is 0. The fraction of sp³-hybridized carbons (Fsp3) is 0.400. The first kappa shape index (κ1) is 16.6. The number of halogens is 2. The zero-order valence-electron chi connectivity index (χ0n) is 13.4. The van der Waals surface area contributed by atoms with Gasteiger partial charge in [0.05, 0.1) is 23.5 Å². The second-order valence-corrected chi connectivity index (χ2v) is 10.3. The molecule has 1 aliphatic rings. The first-order valence-electron chi connectivity index (χ1n) is 8.50. The Labute approximate surface area is 138 Å². The lowest BCUT2D eigenvalue weighted by molar-refractivity contribution is 0.175. The summed E-state index contributed by atoms with van der Waals surface area (Å²) in [5.74, 6) is 0. The Bertz CT molecular complexity index is 552. The van der Waals surface area contributed by atoms with Crippen molar-refractivity contribution >= 4 is 17.9 Å². The van der Waals surface area contributed by atoms with Gasteiger partial charge in [0.1, 0.15) is 6.16 Å². The predicted molar refractivity (Wildman–Crippen MR) is 96.8 cm³/mol. The highest BCUT2D eigenvalue weighted by atomic mass is 31.2. The third-order valence-corrected chi connectivity index (χ3v) is 10.1. The highest BCUT2D eigenvalue weighted by Crippen LogP contribution is 2.64. The molecule has 0 aromatic heterocycles. The Hall–Kier alpha value is -1.27. The SMILES string of the molecule is FC(F)C[P+](c1ccccc1)(c1ccccc1)C1CCCCC1. The molecule has 0 saturated heterocycles. The largest absolute Gasteiger partial charge is 0.272 e. The van der Waals surface area contributed by atoms with E-state index in [0.29, 0.717) is 5.66 Å². The fourth-order valence-corrected chi connectivity index (χ4v) is 9.01. The van der Waals surface area contributed by atoms with Crippen molar-refractivity contribution in [1.82, 2.24) is 0 Å². The third-order valence-electron chi connectivity index (χ3n) is 5.06. The zero-order valence-corrected chi connectivity index (χ0v) is 14.3. The van der Waals surface area contributed by atoms with Gasteiger partial charge in [-0.15, -0.1) is 0 Å². The van der Waals surface area contributed by atoms with Gasteiger partial charge in [0.25, 0.3) is 6.43 Å². The third kappa shape index (κ3) is 3.48. The summed E-state index contributed by atoms with van der Waals surface area (Å²) in [5, 5.41) is 2.30. The molecule has 0 bridgehead atoms. The van der Waals surface area contributed by atoms with Crippen molar-refractivity contribution in [2.45, 2.75) is 44.2 Å². The van der Waals surface area contributed by atoms with Crippen molar-refractivity contribution in [2.75, 3.05) is 6.16 Å². The van der Waals surface area contributed by atoms with Crippen LogP contribution in [0.15, 0.2) is 60.7 Å². The molecule has 0 amide bonds. The van der Waals surface area contributed by atoms with Crippen LogP contribution in [0.2, 0.25) is 0 Å². The molecule has 0 aliphatic heterocycles. The Balaban J connectivity index is 2.16. The molecule has 122 valence electrons. The Morgan fingerprint density at radius 2 is 1.26 bits per heavy atom. The first-order chi connectivity index (χ1) is 11.2. The summed E-state index contributed by atoms with van der Waals surface area (Å²) in [7, 11) is -2.08. The molecule has 3 heteroatoms. The molecule has 2 aromatic rings. The Morgan fingerprint density at radius 1 is 0.783 bits per heavy atom. The second-order valence-electron chi connectivity index (χ2n) is 6.41. The van der Waals surface area contributed by atoms with Crippen LogP contribution in [-0.2, 0) is 0 Å². The van der Waals surface area contributed by atoms with Crippen LogP contribution in [0, 0.1) is 0 Å². The van der Waals surface area contributed by atoms with E-state index >= 15 is 0 Å². The van der Waals surface area contributed by atoms with E-state index in [1.165, 1.54) is 19.3 Å². The number of alkyl halides is 2. The first-order valence-corrected chi connectivity index (χ1v) is 10.5. The summed E-state index contributed by atoms with van der Waals surface area (Å²) in [5.41, 5.74) is 0.398. The highest BCUT2D eigenvalue weighted by Gasteiger charge is 2.51. The van der Waals surface area contributed by atoms with Gasteiger partial charge in [0, 0.05) is 0 Å². The molecule has 0 radical (unpaired) electrons. The molecule has 0 unspecified atom stereocenters. The normalized spacial score (nSPS) is 16.7. The number of hydrogen-bond acceptors (Lipinski definition) is 0. The second kappa shape index (κ2) is 7.53. The van der Waals surface area contributed by atoms with E-state index < -0.39 is 13.7 Å². The van der Waals surface area contributed by atoms with Crippen molar-refractivity contribution < 1.29 is 8.78 Å². The van der Waals surface area contributed by atoms with Crippen molar-refractivity contribution in [3.63, 3.8) is 0 Å². The lowest BCUT2D eigenvalue weighted by Gasteiger charge is -2.36. The minimum Gasteiger partial charge on any atom is -0.206 e. The van der Waals surface area contributed by atoms with Crippen molar-refractivity contribution in [1.29, 1.82) is 0 Å². The average Bonchev–Trinajstić information content (AvgIpc) is 2.62. The summed E-state index contributed by atoms with van der Waals surface area (Å²) in [6, 6.07) is 20.3. The number of rotatable bonds is 5. The number of hydrogen-bond donors (Lipinski definition) is 0. The van der Waals surface area contributed by atoms with E-state index in [1.807, 2.05) is 36.4 Å². The molecule has 0 N–H and O–H groups in total. The molecule has 2 aromatic carbocycles. The maximum atomic E-state index is 13.7. The lowest BCUT2D eigenvalue weighted by Crippen LogP contribution is -2.36. The van der Waals surface area contributed by atoms with Gasteiger partial charge in [-0.3, -0.25) is 0 Å². The molecule has 1 saturated carbocycles. The molecule has 3 rings (SSSR count). The minimum absolute atomic E-state index is 0.0195. The van der Waals surface area contributed by atoms with Gasteiger partial charge in [-0.1, -0.05) is 42.8 Å². The predicted octanol–water partition coefficient (Wildman–Crippen LogP) is 5.25. The van der Waals surface area contributed by atoms with E-state index in [-0.39, 0.29) is 6.16 Å². The van der Waals surface area contributed by atoms with E-state index in [9.17, 15) is 8.78 Å². The molecule has 0 heterocycles. The standard InChI is InChI=1S/C20H24F2P/c21-20(22)16-23(17-10-4-1-5-11-17,18-12-6-2-7-13-18)19-14-8-3-9-15-19/h1-2,4-7,10-13,19-20H,3,8-9,14-16H2/q+1. The molecule has 1 aliphatic carbocycles. The molecule has 23 heavy (non-hydrogen) atoms. The van der Waals surface area contributed by atoms with Crippen LogP contribution in [0.1, 0.15) is 32.1 Å². The van der Waals surface area contributed by atoms with E-state index in [1.54, 1.807) is 0 Å². The van der Waals surface area contributed by atoms with Crippen LogP contribution < -0.4 is 10.6 Å². The van der Waals surface area contributed by atoms with Gasteiger partial charge in [-0.05, 0) is 49.9 Å². The average molecular weight is 333 g/mol. The van der Waals surface area contributed by atoms with Gasteiger partial charge in [-0.2, -0.15) is 0 Å². The zero-order chi connectivity index (χ0) is 16.1. The molecular formula is C20H24F2P+. The van der Waals surface area contributed by atoms with Gasteiger partial charge >= 0.3 is 0 Å². The Morgan fingerprint density at radius 3 is 1.70 bits per heavy atom. The van der Waals surface area contributed by atoms with E-state index in [2.05, 4.69) is 24.3 Å². The van der Waals surface area contributed by atoms with Crippen molar-refractivity contribution in [2.24, 2.45) is 0 Å². The van der Waals surface area contributed by atoms with Gasteiger partial charge in [0.2, 0.25) is 0 Å². The van der Waals surface area contributed by atoms with Gasteiger partial charge in [-0.25, -0.2) is 8.78 Å². The maximum absolute atomic E-state index is 13.7. The van der Waals surface area contributed by atoms with Gasteiger partial charge in [0.15, 0.2) is 0 Å². The van der Waals surface area contributed by atoms with Crippen LogP contribution in [0.25, 0.3) is 0 Å². The highest BCUT2D eigenvalue weighted by molar-refractivity contribution is 7.90. The summed E-state index contributed by atoms with van der Waals surface area (Å²) in [6.07, 6.45) is 3.53. The topological polar surface area (TPSA) is 0 Å². The maximum Gasteiger partial charge on any atom is 0.272 e. The van der Waals surface area contributed by atoms with Crippen LogP contribution in [0.5, 0.6) is 0 Å². The molecule has 0 spiro atoms. The molecular weight excluding hydrogens is 309 g/mol. The summed E-state index contributed by atoms with van der Waals surface area (Å²) < 4.78 is 27.4. The van der Waals surface area contributed by atoms with E-state index in [4.69, 9.17) is 0 Å². The number of benzene rings is 2. The minimum atomic E-state index is -2.26. The van der Waals surface area contributed by atoms with Crippen LogP contribution in [-0.4, -0.2) is 18.2 Å². The summed E-state index contributed by atoms with van der Waals surface area (Å²) in [4.78, 5) is 0. The van der Waals surface area contributed by atoms with Gasteiger partial charge < -0.3 is 0 Å². The van der Waals surface area contributed by atoms with E-state index in [0.717, 1.165) is 23.5 Å². The molecule has 1 fully saturated rings. The van der Waals surface area contributed by atoms with Crippen LogP contribution in [0.3, 0.4) is 0 Å². The quantitative estimate of drug-likeness (QED) is 0.655. The lowest BCUT2D eigenvalue weighted by atomic mass is 10.0. The monoisotopic (exact) mass is 333 g/mol. The van der Waals surface area contributed by atoms with Crippen molar-refractivity contribution in [3.05, 3.63) is 60.7 Å². The molecule has 0 nitrogen and oxygen atoms in total.